The Hall–Kier alpha value is -2.14. The lowest BCUT2D eigenvalue weighted by molar-refractivity contribution is -0.116. The average Bonchev–Trinajstić information content (AvgIpc) is 2.55. The molecule has 120 valence electrons. The van der Waals surface area contributed by atoms with Crippen LogP contribution in [0.5, 0.6) is 0 Å². The van der Waals surface area contributed by atoms with Gasteiger partial charge in [0, 0.05) is 16.6 Å². The van der Waals surface area contributed by atoms with Crippen LogP contribution in [0.25, 0.3) is 11.1 Å². The van der Waals surface area contributed by atoms with Crippen molar-refractivity contribution in [2.75, 3.05) is 12.4 Å². The van der Waals surface area contributed by atoms with Crippen LogP contribution in [-0.2, 0) is 9.53 Å². The highest BCUT2D eigenvalue weighted by Gasteiger charge is 2.10. The number of esters is 1. The predicted octanol–water partition coefficient (Wildman–Crippen LogP) is 4.64. The van der Waals surface area contributed by atoms with Gasteiger partial charge in [-0.2, -0.15) is 0 Å². The van der Waals surface area contributed by atoms with E-state index in [-0.39, 0.29) is 11.9 Å². The summed E-state index contributed by atoms with van der Waals surface area (Å²) in [6, 6.07) is 12.8. The zero-order valence-electron chi connectivity index (χ0n) is 13.1. The minimum Gasteiger partial charge on any atom is -0.465 e. The summed E-state index contributed by atoms with van der Waals surface area (Å²) in [5, 5.41) is 2.85. The Morgan fingerprint density at radius 2 is 1.83 bits per heavy atom. The van der Waals surface area contributed by atoms with E-state index in [4.69, 9.17) is 4.74 Å². The third-order valence-corrected chi connectivity index (χ3v) is 4.04. The first kappa shape index (κ1) is 17.2. The zero-order chi connectivity index (χ0) is 16.8. The molecule has 1 N–H and O–H groups in total. The number of methoxy groups -OCH3 is 1. The lowest BCUT2D eigenvalue weighted by atomic mass is 10.0. The predicted molar refractivity (Wildman–Crippen MR) is 94.5 cm³/mol. The smallest absolute Gasteiger partial charge is 0.337 e. The van der Waals surface area contributed by atoms with Gasteiger partial charge in [0.15, 0.2) is 0 Å². The fourth-order valence-corrected chi connectivity index (χ4v) is 2.65. The van der Waals surface area contributed by atoms with Crippen molar-refractivity contribution in [2.45, 2.75) is 19.8 Å². The highest BCUT2D eigenvalue weighted by Crippen LogP contribution is 2.30. The molecule has 0 radical (unpaired) electrons. The number of anilines is 1. The fourth-order valence-electron chi connectivity index (χ4n) is 2.17. The molecule has 0 aliphatic carbocycles. The summed E-state index contributed by atoms with van der Waals surface area (Å²) in [5.74, 6) is -0.365. The second-order valence-electron chi connectivity index (χ2n) is 5.06. The van der Waals surface area contributed by atoms with Crippen molar-refractivity contribution in [3.8, 4) is 11.1 Å². The van der Waals surface area contributed by atoms with Crippen LogP contribution in [0.1, 0.15) is 30.1 Å². The second kappa shape index (κ2) is 7.92. The topological polar surface area (TPSA) is 55.4 Å². The van der Waals surface area contributed by atoms with Gasteiger partial charge in [-0.3, -0.25) is 4.79 Å². The lowest BCUT2D eigenvalue weighted by Crippen LogP contribution is -2.10. The van der Waals surface area contributed by atoms with Gasteiger partial charge in [-0.15, -0.1) is 0 Å². The molecule has 4 nitrogen and oxygen atoms in total. The number of nitrogens with one attached hydrogen (secondary N) is 1. The number of rotatable bonds is 5. The Labute approximate surface area is 144 Å². The molecule has 2 aromatic rings. The molecule has 0 atom stereocenters. The van der Waals surface area contributed by atoms with Gasteiger partial charge >= 0.3 is 5.97 Å². The van der Waals surface area contributed by atoms with E-state index in [0.717, 1.165) is 27.7 Å². The Kier molecular flexibility index (Phi) is 5.93. The minimum atomic E-state index is -0.373. The lowest BCUT2D eigenvalue weighted by Gasteiger charge is -2.09. The number of hydrogen-bond donors (Lipinski definition) is 1. The van der Waals surface area contributed by atoms with Gasteiger partial charge < -0.3 is 10.1 Å². The summed E-state index contributed by atoms with van der Waals surface area (Å²) in [7, 11) is 1.36. The summed E-state index contributed by atoms with van der Waals surface area (Å²) in [6.07, 6.45) is 1.33. The SMILES string of the molecule is CCCC(=O)Nc1ccc(-c2cc(C(=O)OC)ccc2Br)cc1. The average molecular weight is 376 g/mol. The van der Waals surface area contributed by atoms with Gasteiger partial charge in [0.2, 0.25) is 5.91 Å². The molecule has 0 aliphatic heterocycles. The number of carbonyl (C=O) groups excluding carboxylic acids is 2. The maximum Gasteiger partial charge on any atom is 0.337 e. The van der Waals surface area contributed by atoms with Gasteiger partial charge in [0.25, 0.3) is 0 Å². The van der Waals surface area contributed by atoms with Crippen molar-refractivity contribution in [2.24, 2.45) is 0 Å². The highest BCUT2D eigenvalue weighted by atomic mass is 79.9. The summed E-state index contributed by atoms with van der Waals surface area (Å²) >= 11 is 3.50. The number of ether oxygens (including phenoxy) is 1. The van der Waals surface area contributed by atoms with Crippen LogP contribution in [0.4, 0.5) is 5.69 Å². The van der Waals surface area contributed by atoms with E-state index in [0.29, 0.717) is 12.0 Å². The summed E-state index contributed by atoms with van der Waals surface area (Å²) < 4.78 is 5.63. The number of amides is 1. The van der Waals surface area contributed by atoms with E-state index >= 15 is 0 Å². The molecule has 0 aliphatic rings. The summed E-state index contributed by atoms with van der Waals surface area (Å²) in [6.45, 7) is 1.97. The third-order valence-electron chi connectivity index (χ3n) is 3.34. The Balaban J connectivity index is 2.25. The van der Waals surface area contributed by atoms with Crippen LogP contribution in [0.3, 0.4) is 0 Å². The first-order chi connectivity index (χ1) is 11.0. The number of benzene rings is 2. The van der Waals surface area contributed by atoms with Gasteiger partial charge in [-0.1, -0.05) is 35.0 Å². The molecular formula is C18H18BrNO3. The maximum absolute atomic E-state index is 11.7. The van der Waals surface area contributed by atoms with Crippen LogP contribution < -0.4 is 5.32 Å². The van der Waals surface area contributed by atoms with Crippen LogP contribution in [0.2, 0.25) is 0 Å². The second-order valence-corrected chi connectivity index (χ2v) is 5.92. The van der Waals surface area contributed by atoms with E-state index in [9.17, 15) is 9.59 Å². The first-order valence-electron chi connectivity index (χ1n) is 7.33. The van der Waals surface area contributed by atoms with Crippen LogP contribution in [-0.4, -0.2) is 19.0 Å². The molecule has 0 aromatic heterocycles. The van der Waals surface area contributed by atoms with Crippen molar-refractivity contribution >= 4 is 33.5 Å². The Morgan fingerprint density at radius 1 is 1.13 bits per heavy atom. The van der Waals surface area contributed by atoms with E-state index in [2.05, 4.69) is 21.2 Å². The summed E-state index contributed by atoms with van der Waals surface area (Å²) in [4.78, 5) is 23.3. The van der Waals surface area contributed by atoms with Crippen molar-refractivity contribution in [1.29, 1.82) is 0 Å². The van der Waals surface area contributed by atoms with Crippen molar-refractivity contribution < 1.29 is 14.3 Å². The molecule has 0 bridgehead atoms. The van der Waals surface area contributed by atoms with Crippen molar-refractivity contribution in [3.63, 3.8) is 0 Å². The van der Waals surface area contributed by atoms with E-state index in [1.807, 2.05) is 37.3 Å². The largest absolute Gasteiger partial charge is 0.465 e. The quantitative estimate of drug-likeness (QED) is 0.774. The Bertz CT molecular complexity index is 711. The molecule has 1 amide bonds. The number of halogens is 1. The third kappa shape index (κ3) is 4.42. The first-order valence-corrected chi connectivity index (χ1v) is 8.12. The molecule has 0 saturated heterocycles. The zero-order valence-corrected chi connectivity index (χ0v) is 14.6. The van der Waals surface area contributed by atoms with Crippen LogP contribution in [0.15, 0.2) is 46.9 Å². The van der Waals surface area contributed by atoms with Crippen LogP contribution >= 0.6 is 15.9 Å². The molecule has 2 aromatic carbocycles. The molecule has 23 heavy (non-hydrogen) atoms. The molecule has 5 heteroatoms. The van der Waals surface area contributed by atoms with Crippen LogP contribution in [0, 0.1) is 0 Å². The monoisotopic (exact) mass is 375 g/mol. The van der Waals surface area contributed by atoms with Gasteiger partial charge in [-0.05, 0) is 47.9 Å². The Morgan fingerprint density at radius 3 is 2.43 bits per heavy atom. The van der Waals surface area contributed by atoms with E-state index in [1.165, 1.54) is 7.11 Å². The standard InChI is InChI=1S/C18H18BrNO3/c1-3-4-17(21)20-14-8-5-12(6-9-14)15-11-13(18(22)23-2)7-10-16(15)19/h5-11H,3-4H2,1-2H3,(H,20,21). The highest BCUT2D eigenvalue weighted by molar-refractivity contribution is 9.10. The normalized spacial score (nSPS) is 10.2. The number of hydrogen-bond acceptors (Lipinski definition) is 3. The maximum atomic E-state index is 11.7. The van der Waals surface area contributed by atoms with Gasteiger partial charge in [0.05, 0.1) is 12.7 Å². The number of carbonyl (C=O) groups is 2. The van der Waals surface area contributed by atoms with Crippen molar-refractivity contribution in [1.82, 2.24) is 0 Å². The van der Waals surface area contributed by atoms with Gasteiger partial charge in [-0.25, -0.2) is 4.79 Å². The van der Waals surface area contributed by atoms with E-state index < -0.39 is 0 Å². The van der Waals surface area contributed by atoms with Crippen molar-refractivity contribution in [3.05, 3.63) is 52.5 Å². The molecule has 0 saturated carbocycles. The molecular weight excluding hydrogens is 358 g/mol. The summed E-state index contributed by atoms with van der Waals surface area (Å²) in [5.41, 5.74) is 3.08. The molecule has 0 fully saturated rings. The molecule has 0 spiro atoms. The fraction of sp³-hybridized carbons (Fsp3) is 0.222. The molecule has 0 heterocycles. The van der Waals surface area contributed by atoms with Gasteiger partial charge in [0.1, 0.15) is 0 Å². The molecule has 0 unspecified atom stereocenters. The van der Waals surface area contributed by atoms with E-state index in [1.54, 1.807) is 12.1 Å². The molecule has 2 rings (SSSR count). The minimum absolute atomic E-state index is 0.00844.